The van der Waals surface area contributed by atoms with Gasteiger partial charge in [-0.3, -0.25) is 0 Å². The Balaban J connectivity index is 1.14. The first-order valence-corrected chi connectivity index (χ1v) is 24.9. The maximum absolute atomic E-state index is 15.2. The highest BCUT2D eigenvalue weighted by atomic mass is 19.4. The molecule has 0 saturated carbocycles. The van der Waals surface area contributed by atoms with Crippen molar-refractivity contribution in [2.75, 3.05) is 0 Å². The van der Waals surface area contributed by atoms with E-state index < -0.39 is 11.7 Å². The van der Waals surface area contributed by atoms with Crippen LogP contribution in [0, 0.1) is 18.3 Å². The molecule has 13 rings (SSSR count). The largest absolute Gasteiger partial charge is 0.417 e. The van der Waals surface area contributed by atoms with Gasteiger partial charge in [0, 0.05) is 32.7 Å². The second-order valence-electron chi connectivity index (χ2n) is 19.1. The Labute approximate surface area is 431 Å². The lowest BCUT2D eigenvalue weighted by Crippen LogP contribution is -2.08. The monoisotopic (exact) mass is 971 g/mol. The van der Waals surface area contributed by atoms with Gasteiger partial charge in [0.25, 0.3) is 0 Å². The summed E-state index contributed by atoms with van der Waals surface area (Å²) in [4.78, 5) is 0. The van der Waals surface area contributed by atoms with E-state index in [4.69, 9.17) is 0 Å². The van der Waals surface area contributed by atoms with E-state index in [0.29, 0.717) is 27.8 Å². The molecular weight excluding hydrogens is 928 g/mol. The van der Waals surface area contributed by atoms with E-state index in [2.05, 4.69) is 137 Å². The SMILES string of the molecule is Cc1cccc(C(F)(F)F)c1-c1ccc(-n2c3ccc(-c4ccccc4)cc3c3cc(-c4ccccc4)ccc32)c(-c2cc(C#N)ccc2-n2c3ccc(-c4ccccc4)cc3c3cc(-c4ccccc4)ccc32)c1. The van der Waals surface area contributed by atoms with Crippen LogP contribution in [0.4, 0.5) is 13.2 Å². The van der Waals surface area contributed by atoms with Crippen LogP contribution in [0.15, 0.2) is 249 Å². The van der Waals surface area contributed by atoms with Gasteiger partial charge in [-0.2, -0.15) is 18.4 Å². The second kappa shape index (κ2) is 18.1. The number of nitrogens with zero attached hydrogens (tertiary/aromatic N) is 3. The van der Waals surface area contributed by atoms with Crippen LogP contribution in [0.25, 0.3) is 122 Å². The fourth-order valence-corrected chi connectivity index (χ4v) is 11.2. The Hall–Kier alpha value is -9.70. The second-order valence-corrected chi connectivity index (χ2v) is 19.1. The van der Waals surface area contributed by atoms with Crippen molar-refractivity contribution in [1.29, 1.82) is 5.26 Å². The smallest absolute Gasteiger partial charge is 0.309 e. The number of benzene rings is 11. The van der Waals surface area contributed by atoms with E-state index in [9.17, 15) is 5.26 Å². The first kappa shape index (κ1) is 45.2. The van der Waals surface area contributed by atoms with E-state index in [-0.39, 0.29) is 5.56 Å². The highest BCUT2D eigenvalue weighted by molar-refractivity contribution is 6.14. The maximum atomic E-state index is 15.2. The molecule has 0 fully saturated rings. The lowest BCUT2D eigenvalue weighted by Gasteiger charge is -2.21. The van der Waals surface area contributed by atoms with E-state index >= 15 is 13.2 Å². The number of hydrogen-bond acceptors (Lipinski definition) is 1. The van der Waals surface area contributed by atoms with Crippen molar-refractivity contribution in [2.45, 2.75) is 13.1 Å². The van der Waals surface area contributed by atoms with Gasteiger partial charge in [-0.25, -0.2) is 0 Å². The van der Waals surface area contributed by atoms with Crippen LogP contribution in [-0.2, 0) is 6.18 Å². The number of aryl methyl sites for hydroxylation is 1. The van der Waals surface area contributed by atoms with Gasteiger partial charge in [-0.05, 0) is 153 Å². The summed E-state index contributed by atoms with van der Waals surface area (Å²) >= 11 is 0. The molecule has 0 atom stereocenters. The Kier molecular flexibility index (Phi) is 10.9. The highest BCUT2D eigenvalue weighted by Gasteiger charge is 2.35. The Morgan fingerprint density at radius 3 is 1.08 bits per heavy atom. The van der Waals surface area contributed by atoms with Crippen molar-refractivity contribution in [3.05, 3.63) is 265 Å². The minimum Gasteiger partial charge on any atom is -0.309 e. The topological polar surface area (TPSA) is 33.6 Å². The number of fused-ring (bicyclic) bond motifs is 6. The predicted molar refractivity (Wildman–Crippen MR) is 302 cm³/mol. The third-order valence-corrected chi connectivity index (χ3v) is 14.7. The van der Waals surface area contributed by atoms with Crippen LogP contribution >= 0.6 is 0 Å². The quantitative estimate of drug-likeness (QED) is 0.149. The summed E-state index contributed by atoms with van der Waals surface area (Å²) < 4.78 is 50.0. The van der Waals surface area contributed by atoms with Crippen LogP contribution in [0.3, 0.4) is 0 Å². The first-order valence-electron chi connectivity index (χ1n) is 24.9. The molecule has 11 aromatic carbocycles. The van der Waals surface area contributed by atoms with Crippen LogP contribution < -0.4 is 0 Å². The fraction of sp³-hybridized carbons (Fsp3) is 0.0290. The van der Waals surface area contributed by atoms with Gasteiger partial charge in [0.05, 0.1) is 50.6 Å². The Morgan fingerprint density at radius 1 is 0.347 bits per heavy atom. The van der Waals surface area contributed by atoms with Crippen LogP contribution in [-0.4, -0.2) is 9.13 Å². The predicted octanol–water partition coefficient (Wildman–Crippen LogP) is 19.1. The minimum absolute atomic E-state index is 0.108. The Morgan fingerprint density at radius 2 is 0.707 bits per heavy atom. The zero-order chi connectivity index (χ0) is 50.8. The number of rotatable bonds is 8. The molecule has 2 heterocycles. The van der Waals surface area contributed by atoms with Crippen LogP contribution in [0.5, 0.6) is 0 Å². The number of hydrogen-bond donors (Lipinski definition) is 0. The van der Waals surface area contributed by atoms with Gasteiger partial charge in [0.15, 0.2) is 0 Å². The third kappa shape index (κ3) is 7.85. The zero-order valence-electron chi connectivity index (χ0n) is 40.6. The van der Waals surface area contributed by atoms with Crippen molar-refractivity contribution in [3.63, 3.8) is 0 Å². The normalized spacial score (nSPS) is 11.7. The summed E-state index contributed by atoms with van der Waals surface area (Å²) in [6.07, 6.45) is -4.62. The number of halogens is 3. The average molecular weight is 972 g/mol. The Bertz CT molecular complexity index is 4200. The molecular formula is C69H44F3N3. The third-order valence-electron chi connectivity index (χ3n) is 14.7. The van der Waals surface area contributed by atoms with E-state index in [1.807, 2.05) is 109 Å². The van der Waals surface area contributed by atoms with E-state index in [1.54, 1.807) is 13.0 Å². The molecule has 3 nitrogen and oxygen atoms in total. The zero-order valence-corrected chi connectivity index (χ0v) is 40.6. The molecule has 0 amide bonds. The molecule has 0 aliphatic rings. The fourth-order valence-electron chi connectivity index (χ4n) is 11.2. The van der Waals surface area contributed by atoms with Crippen LogP contribution in [0.2, 0.25) is 0 Å². The molecule has 0 radical (unpaired) electrons. The van der Waals surface area contributed by atoms with Crippen molar-refractivity contribution in [1.82, 2.24) is 9.13 Å². The molecule has 0 saturated heterocycles. The van der Waals surface area contributed by atoms with Crippen molar-refractivity contribution < 1.29 is 13.2 Å². The van der Waals surface area contributed by atoms with E-state index in [1.165, 1.54) is 6.07 Å². The number of nitriles is 1. The van der Waals surface area contributed by atoms with Crippen molar-refractivity contribution in [3.8, 4) is 84.2 Å². The number of aromatic nitrogens is 2. The van der Waals surface area contributed by atoms with Crippen LogP contribution in [0.1, 0.15) is 16.7 Å². The summed E-state index contributed by atoms with van der Waals surface area (Å²) in [5.41, 5.74) is 15.9. The van der Waals surface area contributed by atoms with Gasteiger partial charge < -0.3 is 9.13 Å². The lowest BCUT2D eigenvalue weighted by molar-refractivity contribution is -0.137. The van der Waals surface area contributed by atoms with Gasteiger partial charge in [-0.1, -0.05) is 164 Å². The van der Waals surface area contributed by atoms with Crippen molar-refractivity contribution in [2.24, 2.45) is 0 Å². The molecule has 0 N–H and O–H groups in total. The molecule has 356 valence electrons. The molecule has 2 aromatic heterocycles. The molecule has 13 aromatic rings. The van der Waals surface area contributed by atoms with Gasteiger partial charge in [-0.15, -0.1) is 0 Å². The molecule has 0 bridgehead atoms. The highest BCUT2D eigenvalue weighted by Crippen LogP contribution is 2.47. The van der Waals surface area contributed by atoms with Gasteiger partial charge in [0.1, 0.15) is 0 Å². The molecule has 0 aliphatic heterocycles. The molecule has 0 unspecified atom stereocenters. The molecule has 0 aliphatic carbocycles. The first-order chi connectivity index (χ1) is 36.7. The summed E-state index contributed by atoms with van der Waals surface area (Å²) in [7, 11) is 0. The lowest BCUT2D eigenvalue weighted by atomic mass is 9.90. The summed E-state index contributed by atoms with van der Waals surface area (Å²) in [6.45, 7) is 1.73. The van der Waals surface area contributed by atoms with Gasteiger partial charge >= 0.3 is 6.18 Å². The minimum atomic E-state index is -4.62. The maximum Gasteiger partial charge on any atom is 0.417 e. The van der Waals surface area contributed by atoms with Gasteiger partial charge in [0.2, 0.25) is 0 Å². The van der Waals surface area contributed by atoms with E-state index in [0.717, 1.165) is 106 Å². The summed E-state index contributed by atoms with van der Waals surface area (Å²) in [6, 6.07) is 85.5. The molecule has 75 heavy (non-hydrogen) atoms. The average Bonchev–Trinajstić information content (AvgIpc) is 4.00. The standard InChI is InChI=1S/C69H44F3N3/c1-44-15-14-24-61(69(70,71)72)68(44)54-30-36-67(75-65-34-28-52(48-20-10-4-11-21-48)40-58(65)59-41-53(29-35-66(59)75)49-22-12-5-13-23-49)60(42-54)55-37-45(43-73)25-31-62(55)74-63-32-26-50(46-16-6-2-7-17-46)38-56(63)57-39-51(27-33-64(57)74)47-18-8-3-9-19-47/h2-42H,1H3. The number of alkyl halides is 3. The summed E-state index contributed by atoms with van der Waals surface area (Å²) in [5, 5.41) is 14.9. The summed E-state index contributed by atoms with van der Waals surface area (Å²) in [5.74, 6) is 0. The molecule has 6 heteroatoms. The molecule has 0 spiro atoms. The van der Waals surface area contributed by atoms with Crippen molar-refractivity contribution >= 4 is 43.6 Å².